The number of amides is 2. The summed E-state index contributed by atoms with van der Waals surface area (Å²) in [6.07, 6.45) is 0.0964. The van der Waals surface area contributed by atoms with Gasteiger partial charge in [0.2, 0.25) is 0 Å². The molecule has 0 aromatic heterocycles. The number of carbonyl (C=O) groups is 1. The van der Waals surface area contributed by atoms with Gasteiger partial charge in [-0.15, -0.1) is 0 Å². The topological polar surface area (TPSA) is 61.8 Å². The highest BCUT2D eigenvalue weighted by Gasteiger charge is 2.46. The van der Waals surface area contributed by atoms with Gasteiger partial charge in [-0.3, -0.25) is 0 Å². The van der Waals surface area contributed by atoms with E-state index in [2.05, 4.69) is 5.32 Å². The molecular weight excluding hydrogens is 294 g/mol. The minimum Gasteiger partial charge on any atom is -0.497 e. The lowest BCUT2D eigenvalue weighted by molar-refractivity contribution is 0.0141. The van der Waals surface area contributed by atoms with Crippen LogP contribution < -0.4 is 10.1 Å². The third-order valence-corrected chi connectivity index (χ3v) is 3.70. The van der Waals surface area contributed by atoms with Crippen LogP contribution in [0.4, 0.5) is 13.6 Å². The third-order valence-electron chi connectivity index (χ3n) is 3.70. The van der Waals surface area contributed by atoms with E-state index < -0.39 is 37.6 Å². The van der Waals surface area contributed by atoms with Gasteiger partial charge in [0.15, 0.2) is 0 Å². The Morgan fingerprint density at radius 2 is 2.14 bits per heavy atom. The number of urea groups is 1. The minimum absolute atomic E-state index is 0.339. The molecule has 1 saturated heterocycles. The number of rotatable bonds is 5. The van der Waals surface area contributed by atoms with Gasteiger partial charge < -0.3 is 20.1 Å². The number of nitrogens with one attached hydrogen (secondary N) is 1. The molecular formula is C15H20F2N2O3. The van der Waals surface area contributed by atoms with Gasteiger partial charge in [-0.1, -0.05) is 12.1 Å². The second-order valence-electron chi connectivity index (χ2n) is 5.35. The molecule has 0 saturated carbocycles. The van der Waals surface area contributed by atoms with Crippen molar-refractivity contribution in [2.24, 2.45) is 0 Å². The van der Waals surface area contributed by atoms with Crippen molar-refractivity contribution in [3.63, 3.8) is 0 Å². The Labute approximate surface area is 127 Å². The molecule has 0 aliphatic carbocycles. The van der Waals surface area contributed by atoms with Crippen molar-refractivity contribution < 1.29 is 23.4 Å². The standard InChI is InChI=1S/C15H20F2N2O3/c1-22-13-4-2-11(3-5-13)6-7-18-14(21)19-10-15(16,17)8-12(19)9-20/h2-5,12,20H,6-10H2,1H3,(H,18,21). The zero-order valence-electron chi connectivity index (χ0n) is 12.4. The van der Waals surface area contributed by atoms with Crippen LogP contribution >= 0.6 is 0 Å². The normalized spacial score (nSPS) is 20.0. The molecule has 0 bridgehead atoms. The highest BCUT2D eigenvalue weighted by molar-refractivity contribution is 5.75. The fourth-order valence-electron chi connectivity index (χ4n) is 2.51. The average molecular weight is 314 g/mol. The molecule has 1 unspecified atom stereocenters. The Morgan fingerprint density at radius 1 is 1.45 bits per heavy atom. The van der Waals surface area contributed by atoms with Gasteiger partial charge in [-0.05, 0) is 24.1 Å². The highest BCUT2D eigenvalue weighted by Crippen LogP contribution is 2.31. The molecule has 122 valence electrons. The molecule has 1 aliphatic rings. The molecule has 0 radical (unpaired) electrons. The van der Waals surface area contributed by atoms with Crippen molar-refractivity contribution in [3.05, 3.63) is 29.8 Å². The first kappa shape index (κ1) is 16.5. The van der Waals surface area contributed by atoms with Gasteiger partial charge >= 0.3 is 6.03 Å². The Morgan fingerprint density at radius 3 is 2.73 bits per heavy atom. The number of methoxy groups -OCH3 is 1. The number of aliphatic hydroxyl groups is 1. The lowest BCUT2D eigenvalue weighted by Crippen LogP contribution is -2.45. The lowest BCUT2D eigenvalue weighted by atomic mass is 10.1. The zero-order chi connectivity index (χ0) is 16.2. The van der Waals surface area contributed by atoms with E-state index in [1.807, 2.05) is 24.3 Å². The van der Waals surface area contributed by atoms with E-state index >= 15 is 0 Å². The minimum atomic E-state index is -2.93. The Hall–Kier alpha value is -1.89. The molecule has 1 fully saturated rings. The van der Waals surface area contributed by atoms with Crippen LogP contribution in [0.15, 0.2) is 24.3 Å². The van der Waals surface area contributed by atoms with Crippen molar-refractivity contribution in [3.8, 4) is 5.75 Å². The smallest absolute Gasteiger partial charge is 0.317 e. The van der Waals surface area contributed by atoms with E-state index in [0.717, 1.165) is 16.2 Å². The van der Waals surface area contributed by atoms with Crippen molar-refractivity contribution in [2.75, 3.05) is 26.8 Å². The molecule has 1 aromatic carbocycles. The molecule has 22 heavy (non-hydrogen) atoms. The molecule has 1 aromatic rings. The number of carbonyl (C=O) groups excluding carboxylic acids is 1. The lowest BCUT2D eigenvalue weighted by Gasteiger charge is -2.22. The maximum atomic E-state index is 13.3. The first-order chi connectivity index (χ1) is 10.4. The fraction of sp³-hybridized carbons (Fsp3) is 0.533. The van der Waals surface area contributed by atoms with Gasteiger partial charge in [0.05, 0.1) is 26.3 Å². The summed E-state index contributed by atoms with van der Waals surface area (Å²) in [7, 11) is 1.58. The van der Waals surface area contributed by atoms with Crippen LogP contribution in [0.2, 0.25) is 0 Å². The van der Waals surface area contributed by atoms with Gasteiger partial charge in [0, 0.05) is 13.0 Å². The van der Waals surface area contributed by atoms with Crippen LogP contribution in [-0.4, -0.2) is 54.8 Å². The van der Waals surface area contributed by atoms with Crippen molar-refractivity contribution in [1.82, 2.24) is 10.2 Å². The molecule has 1 atom stereocenters. The first-order valence-corrected chi connectivity index (χ1v) is 7.11. The van der Waals surface area contributed by atoms with Crippen LogP contribution in [0, 0.1) is 0 Å². The summed E-state index contributed by atoms with van der Waals surface area (Å²) >= 11 is 0. The van der Waals surface area contributed by atoms with Crippen LogP contribution in [-0.2, 0) is 6.42 Å². The second-order valence-corrected chi connectivity index (χ2v) is 5.35. The molecule has 0 spiro atoms. The number of likely N-dealkylation sites (tertiary alicyclic amines) is 1. The van der Waals surface area contributed by atoms with E-state index in [-0.39, 0.29) is 0 Å². The van der Waals surface area contributed by atoms with E-state index in [0.29, 0.717) is 13.0 Å². The summed E-state index contributed by atoms with van der Waals surface area (Å²) in [4.78, 5) is 13.0. The summed E-state index contributed by atoms with van der Waals surface area (Å²) in [6.45, 7) is -0.764. The number of nitrogens with zero attached hydrogens (tertiary/aromatic N) is 1. The molecule has 1 heterocycles. The van der Waals surface area contributed by atoms with Crippen LogP contribution in [0.1, 0.15) is 12.0 Å². The number of hydrogen-bond donors (Lipinski definition) is 2. The molecule has 2 rings (SSSR count). The number of aliphatic hydroxyl groups excluding tert-OH is 1. The highest BCUT2D eigenvalue weighted by atomic mass is 19.3. The maximum absolute atomic E-state index is 13.3. The Kier molecular flexibility index (Phi) is 5.18. The van der Waals surface area contributed by atoms with Crippen LogP contribution in [0.5, 0.6) is 5.75 Å². The summed E-state index contributed by atoms with van der Waals surface area (Å²) < 4.78 is 31.7. The van der Waals surface area contributed by atoms with E-state index in [9.17, 15) is 13.6 Å². The Balaban J connectivity index is 1.82. The summed E-state index contributed by atoms with van der Waals surface area (Å²) in [5.41, 5.74) is 1.01. The van der Waals surface area contributed by atoms with Crippen molar-refractivity contribution in [2.45, 2.75) is 24.8 Å². The van der Waals surface area contributed by atoms with Gasteiger partial charge in [0.1, 0.15) is 5.75 Å². The number of alkyl halides is 2. The monoisotopic (exact) mass is 314 g/mol. The molecule has 7 heteroatoms. The summed E-state index contributed by atoms with van der Waals surface area (Å²) in [5.74, 6) is -2.18. The largest absolute Gasteiger partial charge is 0.497 e. The fourth-order valence-corrected chi connectivity index (χ4v) is 2.51. The third kappa shape index (κ3) is 4.07. The van der Waals surface area contributed by atoms with Crippen molar-refractivity contribution >= 4 is 6.03 Å². The average Bonchev–Trinajstić information content (AvgIpc) is 2.83. The predicted octanol–water partition coefficient (Wildman–Crippen LogP) is 1.65. The maximum Gasteiger partial charge on any atom is 0.317 e. The molecule has 1 aliphatic heterocycles. The molecule has 2 N–H and O–H groups in total. The van der Waals surface area contributed by atoms with E-state index in [1.54, 1.807) is 7.11 Å². The zero-order valence-corrected chi connectivity index (χ0v) is 12.4. The van der Waals surface area contributed by atoms with Crippen LogP contribution in [0.25, 0.3) is 0 Å². The SMILES string of the molecule is COc1ccc(CCNC(=O)N2CC(F)(F)CC2CO)cc1. The van der Waals surface area contributed by atoms with E-state index in [1.165, 1.54) is 0 Å². The van der Waals surface area contributed by atoms with Crippen molar-refractivity contribution in [1.29, 1.82) is 0 Å². The van der Waals surface area contributed by atoms with Gasteiger partial charge in [-0.25, -0.2) is 13.6 Å². The van der Waals surface area contributed by atoms with Gasteiger partial charge in [-0.2, -0.15) is 0 Å². The second kappa shape index (κ2) is 6.91. The molecule has 2 amide bonds. The van der Waals surface area contributed by atoms with E-state index in [4.69, 9.17) is 9.84 Å². The quantitative estimate of drug-likeness (QED) is 0.869. The molecule has 5 nitrogen and oxygen atoms in total. The van der Waals surface area contributed by atoms with Gasteiger partial charge in [0.25, 0.3) is 5.92 Å². The number of halogens is 2. The summed E-state index contributed by atoms with van der Waals surface area (Å²) in [5, 5.41) is 11.7. The number of hydrogen-bond acceptors (Lipinski definition) is 3. The summed E-state index contributed by atoms with van der Waals surface area (Å²) in [6, 6.07) is 6.01. The number of benzene rings is 1. The number of ether oxygens (including phenoxy) is 1. The first-order valence-electron chi connectivity index (χ1n) is 7.11. The Bertz CT molecular complexity index is 508. The van der Waals surface area contributed by atoms with Crippen LogP contribution in [0.3, 0.4) is 0 Å². The predicted molar refractivity (Wildman–Crippen MR) is 77.2 cm³/mol.